The number of hydrogen-bond donors (Lipinski definition) is 0. The van der Waals surface area contributed by atoms with Gasteiger partial charge < -0.3 is 4.90 Å². The maximum Gasteiger partial charge on any atom is 0.118 e. The highest BCUT2D eigenvalue weighted by atomic mass is 15.2. The molecule has 0 bridgehead atoms. The number of rotatable bonds is 1. The van der Waals surface area contributed by atoms with Gasteiger partial charge >= 0.3 is 0 Å². The fraction of sp³-hybridized carbons (Fsp3) is 0.214. The first-order valence-electron chi connectivity index (χ1n) is 5.54. The lowest BCUT2D eigenvalue weighted by molar-refractivity contribution is 0.533. The first-order valence-corrected chi connectivity index (χ1v) is 5.54. The van der Waals surface area contributed by atoms with Gasteiger partial charge in [-0.25, -0.2) is 0 Å². The van der Waals surface area contributed by atoms with E-state index < -0.39 is 0 Å². The summed E-state index contributed by atoms with van der Waals surface area (Å²) in [6.45, 7) is 0.992. The topological polar surface area (TPSA) is 27.0 Å². The molecule has 0 amide bonds. The lowest BCUT2D eigenvalue weighted by atomic mass is 10.00. The van der Waals surface area contributed by atoms with Crippen LogP contribution in [0.15, 0.2) is 42.5 Å². The van der Waals surface area contributed by atoms with E-state index in [0.29, 0.717) is 0 Å². The number of anilines is 1. The van der Waals surface area contributed by atoms with Crippen LogP contribution in [-0.2, 0) is 0 Å². The molecule has 1 aliphatic rings. The predicted molar refractivity (Wildman–Crippen MR) is 65.3 cm³/mol. The highest BCUT2D eigenvalue weighted by Gasteiger charge is 2.28. The van der Waals surface area contributed by atoms with Crippen molar-refractivity contribution in [3.8, 4) is 6.07 Å². The van der Waals surface area contributed by atoms with E-state index in [1.54, 1.807) is 0 Å². The van der Waals surface area contributed by atoms with E-state index in [9.17, 15) is 0 Å². The van der Waals surface area contributed by atoms with Crippen LogP contribution >= 0.6 is 0 Å². The van der Waals surface area contributed by atoms with Crippen molar-refractivity contribution in [2.45, 2.75) is 12.5 Å². The smallest absolute Gasteiger partial charge is 0.118 e. The molecule has 0 N–H and O–H groups in total. The number of hydrogen-bond acceptors (Lipinski definition) is 2. The van der Waals surface area contributed by atoms with Crippen LogP contribution in [0.5, 0.6) is 0 Å². The summed E-state index contributed by atoms with van der Waals surface area (Å²) in [5.41, 5.74) is 1.19. The van der Waals surface area contributed by atoms with E-state index in [1.807, 2.05) is 12.1 Å². The first kappa shape index (κ1) is 9.23. The Balaban J connectivity index is 2.14. The van der Waals surface area contributed by atoms with E-state index in [0.717, 1.165) is 13.0 Å². The van der Waals surface area contributed by atoms with Crippen LogP contribution in [-0.4, -0.2) is 12.6 Å². The van der Waals surface area contributed by atoms with Crippen LogP contribution in [0.3, 0.4) is 0 Å². The van der Waals surface area contributed by atoms with Crippen molar-refractivity contribution in [1.82, 2.24) is 0 Å². The van der Waals surface area contributed by atoms with Crippen molar-refractivity contribution in [1.29, 1.82) is 5.26 Å². The summed E-state index contributed by atoms with van der Waals surface area (Å²) >= 11 is 0. The summed E-state index contributed by atoms with van der Waals surface area (Å²) in [4.78, 5) is 2.18. The number of nitrogens with zero attached hydrogens (tertiary/aromatic N) is 2. The molecule has 2 aromatic carbocycles. The minimum Gasteiger partial charge on any atom is -0.355 e. The van der Waals surface area contributed by atoms with Crippen LogP contribution in [0.4, 0.5) is 5.69 Å². The van der Waals surface area contributed by atoms with Gasteiger partial charge in [-0.1, -0.05) is 36.4 Å². The standard InChI is InChI=1S/C14H12N2/c15-10-12-8-9-16(12)14-7-3-5-11-4-1-2-6-13(11)14/h1-7,12H,8-9H2. The molecule has 2 heteroatoms. The second-order valence-corrected chi connectivity index (χ2v) is 4.13. The molecule has 1 fully saturated rings. The third-order valence-electron chi connectivity index (χ3n) is 3.24. The molecular formula is C14H12N2. The Morgan fingerprint density at radius 1 is 1.12 bits per heavy atom. The zero-order chi connectivity index (χ0) is 11.0. The predicted octanol–water partition coefficient (Wildman–Crippen LogP) is 2.94. The van der Waals surface area contributed by atoms with Crippen LogP contribution in [0.1, 0.15) is 6.42 Å². The van der Waals surface area contributed by atoms with Gasteiger partial charge in [-0.3, -0.25) is 0 Å². The van der Waals surface area contributed by atoms with Crippen LogP contribution in [0, 0.1) is 11.3 Å². The molecule has 3 rings (SSSR count). The molecule has 1 heterocycles. The lowest BCUT2D eigenvalue weighted by Crippen LogP contribution is -2.46. The maximum atomic E-state index is 9.00. The zero-order valence-electron chi connectivity index (χ0n) is 8.93. The van der Waals surface area contributed by atoms with Crippen molar-refractivity contribution in [3.63, 3.8) is 0 Å². The molecule has 0 saturated carbocycles. The maximum absolute atomic E-state index is 9.00. The highest BCUT2D eigenvalue weighted by Crippen LogP contribution is 2.32. The van der Waals surface area contributed by atoms with E-state index in [1.165, 1.54) is 16.5 Å². The minimum absolute atomic E-state index is 0.0609. The van der Waals surface area contributed by atoms with Crippen molar-refractivity contribution in [2.24, 2.45) is 0 Å². The van der Waals surface area contributed by atoms with Gasteiger partial charge in [0.05, 0.1) is 6.07 Å². The SMILES string of the molecule is N#CC1CCN1c1cccc2ccccc12. The molecule has 1 saturated heterocycles. The molecule has 1 aliphatic heterocycles. The average molecular weight is 208 g/mol. The second kappa shape index (κ2) is 3.53. The van der Waals surface area contributed by atoms with Gasteiger partial charge in [-0.15, -0.1) is 0 Å². The van der Waals surface area contributed by atoms with Gasteiger partial charge in [0.15, 0.2) is 0 Å². The summed E-state index contributed by atoms with van der Waals surface area (Å²) in [5, 5.41) is 11.5. The van der Waals surface area contributed by atoms with Crippen LogP contribution in [0.25, 0.3) is 10.8 Å². The Bertz CT molecular complexity index is 563. The fourth-order valence-corrected chi connectivity index (χ4v) is 2.27. The van der Waals surface area contributed by atoms with Gasteiger partial charge in [0.1, 0.15) is 6.04 Å². The molecule has 0 radical (unpaired) electrons. The summed E-state index contributed by atoms with van der Waals surface area (Å²) < 4.78 is 0. The quantitative estimate of drug-likeness (QED) is 0.720. The van der Waals surface area contributed by atoms with Gasteiger partial charge in [-0.2, -0.15) is 5.26 Å². The molecular weight excluding hydrogens is 196 g/mol. The number of fused-ring (bicyclic) bond motifs is 1. The van der Waals surface area contributed by atoms with Crippen LogP contribution in [0.2, 0.25) is 0 Å². The molecule has 0 aromatic heterocycles. The lowest BCUT2D eigenvalue weighted by Gasteiger charge is -2.39. The molecule has 1 atom stereocenters. The molecule has 0 spiro atoms. The fourth-order valence-electron chi connectivity index (χ4n) is 2.27. The number of benzene rings is 2. The van der Waals surface area contributed by atoms with Crippen LogP contribution < -0.4 is 4.90 Å². The summed E-state index contributed by atoms with van der Waals surface area (Å²) in [7, 11) is 0. The van der Waals surface area contributed by atoms with E-state index in [4.69, 9.17) is 5.26 Å². The van der Waals surface area contributed by atoms with Gasteiger partial charge in [0, 0.05) is 17.6 Å². The Morgan fingerprint density at radius 3 is 2.69 bits per heavy atom. The summed E-state index contributed by atoms with van der Waals surface area (Å²) in [6, 6.07) is 17.0. The van der Waals surface area contributed by atoms with E-state index in [-0.39, 0.29) is 6.04 Å². The van der Waals surface area contributed by atoms with Gasteiger partial charge in [-0.05, 0) is 17.9 Å². The van der Waals surface area contributed by atoms with E-state index >= 15 is 0 Å². The Hall–Kier alpha value is -2.01. The van der Waals surface area contributed by atoms with Gasteiger partial charge in [0.2, 0.25) is 0 Å². The third kappa shape index (κ3) is 1.25. The number of nitriles is 1. The summed E-state index contributed by atoms with van der Waals surface area (Å²) in [5.74, 6) is 0. The van der Waals surface area contributed by atoms with Crippen molar-refractivity contribution in [3.05, 3.63) is 42.5 Å². The molecule has 1 unspecified atom stereocenters. The van der Waals surface area contributed by atoms with E-state index in [2.05, 4.69) is 41.3 Å². The zero-order valence-corrected chi connectivity index (χ0v) is 8.93. The monoisotopic (exact) mass is 208 g/mol. The molecule has 16 heavy (non-hydrogen) atoms. The van der Waals surface area contributed by atoms with Crippen molar-refractivity contribution >= 4 is 16.5 Å². The molecule has 2 aromatic rings. The Kier molecular flexibility index (Phi) is 2.04. The van der Waals surface area contributed by atoms with Crippen molar-refractivity contribution < 1.29 is 0 Å². The normalized spacial score (nSPS) is 19.2. The molecule has 78 valence electrons. The Morgan fingerprint density at radius 2 is 1.94 bits per heavy atom. The van der Waals surface area contributed by atoms with Crippen molar-refractivity contribution in [2.75, 3.05) is 11.4 Å². The molecule has 0 aliphatic carbocycles. The first-order chi connectivity index (χ1) is 7.90. The third-order valence-corrected chi connectivity index (χ3v) is 3.24. The second-order valence-electron chi connectivity index (χ2n) is 4.13. The average Bonchev–Trinajstić information content (AvgIpc) is 2.29. The molecule has 2 nitrogen and oxygen atoms in total. The highest BCUT2D eigenvalue weighted by molar-refractivity contribution is 5.94. The largest absolute Gasteiger partial charge is 0.355 e. The minimum atomic E-state index is 0.0609. The summed E-state index contributed by atoms with van der Waals surface area (Å²) in [6.07, 6.45) is 0.986. The Labute approximate surface area is 94.7 Å². The van der Waals surface area contributed by atoms with Gasteiger partial charge in [0.25, 0.3) is 0 Å².